The maximum atomic E-state index is 11.4. The fourth-order valence-corrected chi connectivity index (χ4v) is 3.81. The number of hydrogen-bond acceptors (Lipinski definition) is 4. The molecule has 0 saturated heterocycles. The van der Waals surface area contributed by atoms with Crippen molar-refractivity contribution in [2.24, 2.45) is 5.41 Å². The molecule has 1 N–H and O–H groups in total. The molecule has 1 saturated carbocycles. The summed E-state index contributed by atoms with van der Waals surface area (Å²) in [7, 11) is -2.96. The Morgan fingerprint density at radius 2 is 1.90 bits per heavy atom. The van der Waals surface area contributed by atoms with E-state index in [0.717, 1.165) is 24.2 Å². The third-order valence-electron chi connectivity index (χ3n) is 3.72. The van der Waals surface area contributed by atoms with E-state index in [1.807, 2.05) is 31.2 Å². The van der Waals surface area contributed by atoms with Crippen molar-refractivity contribution in [3.8, 4) is 5.75 Å². The highest BCUT2D eigenvalue weighted by Gasteiger charge is 2.46. The van der Waals surface area contributed by atoms with Gasteiger partial charge in [0.15, 0.2) is 0 Å². The highest BCUT2D eigenvalue weighted by molar-refractivity contribution is 7.90. The first-order valence-electron chi connectivity index (χ1n) is 6.92. The number of ether oxygens (including phenoxy) is 1. The number of sulfone groups is 1. The van der Waals surface area contributed by atoms with E-state index in [9.17, 15) is 13.5 Å². The average Bonchev–Trinajstić information content (AvgIpc) is 3.14. The molecule has 4 nitrogen and oxygen atoms in total. The second-order valence-electron chi connectivity index (χ2n) is 5.85. The summed E-state index contributed by atoms with van der Waals surface area (Å²) in [5.74, 6) is 0.920. The molecule has 0 unspecified atom stereocenters. The van der Waals surface area contributed by atoms with Crippen LogP contribution in [0.4, 0.5) is 0 Å². The Balaban J connectivity index is 1.91. The van der Waals surface area contributed by atoms with E-state index in [-0.39, 0.29) is 11.2 Å². The number of aliphatic hydroxyl groups excluding tert-OH is 1. The summed E-state index contributed by atoms with van der Waals surface area (Å²) in [5.41, 5.74) is 0.687. The molecule has 1 aromatic rings. The molecular weight excluding hydrogens is 276 g/mol. The summed E-state index contributed by atoms with van der Waals surface area (Å²) in [6.45, 7) is 2.37. The molecule has 0 amide bonds. The van der Waals surface area contributed by atoms with E-state index in [1.165, 1.54) is 6.26 Å². The van der Waals surface area contributed by atoms with E-state index in [4.69, 9.17) is 4.74 Å². The van der Waals surface area contributed by atoms with E-state index < -0.39 is 15.9 Å². The van der Waals surface area contributed by atoms with Gasteiger partial charge in [-0.25, -0.2) is 8.42 Å². The summed E-state index contributed by atoms with van der Waals surface area (Å²) < 4.78 is 28.4. The predicted octanol–water partition coefficient (Wildman–Crippen LogP) is 2.33. The van der Waals surface area contributed by atoms with E-state index in [1.54, 1.807) is 0 Å². The van der Waals surface area contributed by atoms with Crippen LogP contribution in [-0.2, 0) is 9.84 Å². The van der Waals surface area contributed by atoms with Crippen molar-refractivity contribution in [3.63, 3.8) is 0 Å². The summed E-state index contributed by atoms with van der Waals surface area (Å²) in [4.78, 5) is 0. The molecule has 0 aliphatic heterocycles. The first kappa shape index (κ1) is 15.3. The van der Waals surface area contributed by atoms with Crippen LogP contribution in [0.1, 0.15) is 37.9 Å². The Labute approximate surface area is 120 Å². The zero-order valence-corrected chi connectivity index (χ0v) is 12.8. The minimum Gasteiger partial charge on any atom is -0.493 e. The molecule has 0 bridgehead atoms. The van der Waals surface area contributed by atoms with E-state index >= 15 is 0 Å². The molecule has 20 heavy (non-hydrogen) atoms. The van der Waals surface area contributed by atoms with Gasteiger partial charge >= 0.3 is 0 Å². The van der Waals surface area contributed by atoms with Gasteiger partial charge in [-0.05, 0) is 37.0 Å². The lowest BCUT2D eigenvalue weighted by molar-refractivity contribution is 0.173. The number of benzene rings is 1. The van der Waals surface area contributed by atoms with E-state index in [2.05, 4.69) is 0 Å². The smallest absolute Gasteiger partial charge is 0.148 e. The van der Waals surface area contributed by atoms with Crippen LogP contribution in [0.3, 0.4) is 0 Å². The Morgan fingerprint density at radius 1 is 1.30 bits per heavy atom. The highest BCUT2D eigenvalue weighted by Crippen LogP contribution is 2.46. The molecule has 5 heteroatoms. The van der Waals surface area contributed by atoms with Gasteiger partial charge in [0, 0.05) is 11.7 Å². The van der Waals surface area contributed by atoms with Crippen LogP contribution in [0.15, 0.2) is 24.3 Å². The minimum absolute atomic E-state index is 0.185. The molecular formula is C15H22O4S. The van der Waals surface area contributed by atoms with E-state index in [0.29, 0.717) is 13.0 Å². The van der Waals surface area contributed by atoms with Crippen molar-refractivity contribution in [2.45, 2.75) is 32.3 Å². The lowest BCUT2D eigenvalue weighted by Crippen LogP contribution is -2.22. The zero-order chi connectivity index (χ0) is 14.8. The van der Waals surface area contributed by atoms with Crippen molar-refractivity contribution in [2.75, 3.05) is 18.6 Å². The predicted molar refractivity (Wildman–Crippen MR) is 78.6 cm³/mol. The van der Waals surface area contributed by atoms with Gasteiger partial charge in [-0.15, -0.1) is 0 Å². The van der Waals surface area contributed by atoms with Crippen LogP contribution in [-0.4, -0.2) is 32.1 Å². The Bertz CT molecular complexity index is 544. The van der Waals surface area contributed by atoms with Crippen LogP contribution in [0.5, 0.6) is 5.75 Å². The van der Waals surface area contributed by atoms with Crippen molar-refractivity contribution in [1.82, 2.24) is 0 Å². The second-order valence-corrected chi connectivity index (χ2v) is 7.99. The normalized spacial score (nSPS) is 18.6. The molecule has 0 heterocycles. The average molecular weight is 298 g/mol. The van der Waals surface area contributed by atoms with Crippen molar-refractivity contribution >= 4 is 9.84 Å². The van der Waals surface area contributed by atoms with Gasteiger partial charge < -0.3 is 9.84 Å². The lowest BCUT2D eigenvalue weighted by Gasteiger charge is -2.16. The molecule has 112 valence electrons. The third-order valence-corrected chi connectivity index (χ3v) is 4.86. The van der Waals surface area contributed by atoms with Gasteiger partial charge in [-0.1, -0.05) is 19.1 Å². The van der Waals surface area contributed by atoms with Crippen LogP contribution in [0.2, 0.25) is 0 Å². The molecule has 0 aromatic heterocycles. The fourth-order valence-electron chi connectivity index (χ4n) is 2.32. The molecule has 2 rings (SSSR count). The summed E-state index contributed by atoms with van der Waals surface area (Å²) in [6.07, 6.45) is 3.33. The van der Waals surface area contributed by atoms with Crippen LogP contribution in [0.25, 0.3) is 0 Å². The molecule has 1 aliphatic rings. The topological polar surface area (TPSA) is 63.6 Å². The van der Waals surface area contributed by atoms with Gasteiger partial charge in [0.25, 0.3) is 0 Å². The Kier molecular flexibility index (Phi) is 4.39. The van der Waals surface area contributed by atoms with Gasteiger partial charge in [0.05, 0.1) is 18.5 Å². The molecule has 1 fully saturated rings. The van der Waals surface area contributed by atoms with Gasteiger partial charge in [0.2, 0.25) is 0 Å². The van der Waals surface area contributed by atoms with Gasteiger partial charge in [-0.3, -0.25) is 0 Å². The molecule has 1 aromatic carbocycles. The first-order valence-corrected chi connectivity index (χ1v) is 8.98. The molecule has 1 aliphatic carbocycles. The summed E-state index contributed by atoms with van der Waals surface area (Å²) >= 11 is 0. The van der Waals surface area contributed by atoms with Crippen LogP contribution >= 0.6 is 0 Å². The van der Waals surface area contributed by atoms with Crippen molar-refractivity contribution in [3.05, 3.63) is 29.8 Å². The number of rotatable bonds is 7. The SMILES string of the molecule is CC[C@@H](O)c1ccc(OCC2(CS(C)(=O)=O)CC2)cc1. The first-order chi connectivity index (χ1) is 9.34. The van der Waals surface area contributed by atoms with Crippen LogP contribution in [0, 0.1) is 5.41 Å². The van der Waals surface area contributed by atoms with Gasteiger partial charge in [-0.2, -0.15) is 0 Å². The summed E-state index contributed by atoms with van der Waals surface area (Å²) in [5, 5.41) is 9.71. The molecule has 1 atom stereocenters. The zero-order valence-electron chi connectivity index (χ0n) is 12.0. The quantitative estimate of drug-likeness (QED) is 0.839. The lowest BCUT2D eigenvalue weighted by atomic mass is 10.1. The second kappa shape index (κ2) is 5.74. The Hall–Kier alpha value is -1.07. The standard InChI is InChI=1S/C15H22O4S/c1-3-14(16)12-4-6-13(7-5-12)19-10-15(8-9-15)11-20(2,17)18/h4-7,14,16H,3,8-11H2,1-2H3/t14-/m1/s1. The highest BCUT2D eigenvalue weighted by atomic mass is 32.2. The maximum absolute atomic E-state index is 11.4. The Morgan fingerprint density at radius 3 is 2.35 bits per heavy atom. The van der Waals surface area contributed by atoms with Gasteiger partial charge in [0.1, 0.15) is 15.6 Å². The number of hydrogen-bond donors (Lipinski definition) is 1. The maximum Gasteiger partial charge on any atom is 0.148 e. The number of aliphatic hydroxyl groups is 1. The largest absolute Gasteiger partial charge is 0.493 e. The van der Waals surface area contributed by atoms with Crippen molar-refractivity contribution in [1.29, 1.82) is 0 Å². The minimum atomic E-state index is -2.96. The summed E-state index contributed by atoms with van der Waals surface area (Å²) in [6, 6.07) is 7.34. The molecule has 0 radical (unpaired) electrons. The van der Waals surface area contributed by atoms with Crippen LogP contribution < -0.4 is 4.74 Å². The van der Waals surface area contributed by atoms with Crippen molar-refractivity contribution < 1.29 is 18.3 Å². The monoisotopic (exact) mass is 298 g/mol. The fraction of sp³-hybridized carbons (Fsp3) is 0.600. The third kappa shape index (κ3) is 4.21. The molecule has 0 spiro atoms.